The lowest BCUT2D eigenvalue weighted by molar-refractivity contribution is -0.384. The SMILES string of the molecule is CCNc1ccc(S(=O)(=O)C(F)(F)[C@H](F)C(F)(F)F)cc1[N+](=O)[O-]. The third-order valence-corrected chi connectivity index (χ3v) is 4.58. The molecule has 1 N–H and O–H groups in total. The molecule has 0 aliphatic heterocycles. The minimum Gasteiger partial charge on any atom is -0.380 e. The second-order valence-corrected chi connectivity index (χ2v) is 6.46. The molecule has 1 atom stereocenters. The first-order valence-corrected chi connectivity index (χ1v) is 7.60. The predicted molar refractivity (Wildman–Crippen MR) is 70.3 cm³/mol. The Balaban J connectivity index is 3.48. The molecule has 1 aromatic carbocycles. The first kappa shape index (κ1) is 20.0. The van der Waals surface area contributed by atoms with E-state index in [1.165, 1.54) is 6.92 Å². The van der Waals surface area contributed by atoms with Gasteiger partial charge in [0.05, 0.1) is 9.82 Å². The molecule has 1 rings (SSSR count). The predicted octanol–water partition coefficient (Wildman–Crippen LogP) is 3.29. The smallest absolute Gasteiger partial charge is 0.380 e. The molecule has 0 saturated carbocycles. The summed E-state index contributed by atoms with van der Waals surface area (Å²) < 4.78 is 99.6. The minimum atomic E-state index is -6.17. The quantitative estimate of drug-likeness (QED) is 0.465. The molecule has 24 heavy (non-hydrogen) atoms. The Hall–Kier alpha value is -2.05. The van der Waals surface area contributed by atoms with Crippen LogP contribution in [0.3, 0.4) is 0 Å². The number of benzene rings is 1. The Morgan fingerprint density at radius 1 is 1.25 bits per heavy atom. The summed E-state index contributed by atoms with van der Waals surface area (Å²) in [4.78, 5) is 8.22. The topological polar surface area (TPSA) is 89.3 Å². The number of hydrogen-bond acceptors (Lipinski definition) is 5. The normalized spacial score (nSPS) is 14.3. The van der Waals surface area contributed by atoms with Crippen molar-refractivity contribution in [3.05, 3.63) is 28.3 Å². The summed E-state index contributed by atoms with van der Waals surface area (Å²) in [7, 11) is -6.17. The first-order chi connectivity index (χ1) is 10.8. The number of anilines is 1. The Labute approximate surface area is 131 Å². The van der Waals surface area contributed by atoms with Gasteiger partial charge in [0.25, 0.3) is 11.9 Å². The molecule has 6 nitrogen and oxygen atoms in total. The fourth-order valence-electron chi connectivity index (χ4n) is 1.65. The molecule has 0 aliphatic carbocycles. The van der Waals surface area contributed by atoms with Gasteiger partial charge in [-0.05, 0) is 19.1 Å². The van der Waals surface area contributed by atoms with Gasteiger partial charge in [0, 0.05) is 12.6 Å². The summed E-state index contributed by atoms with van der Waals surface area (Å²) in [5, 5.41) is 7.44. The van der Waals surface area contributed by atoms with Gasteiger partial charge in [0.15, 0.2) is 0 Å². The highest BCUT2D eigenvalue weighted by molar-refractivity contribution is 7.92. The largest absolute Gasteiger partial charge is 0.426 e. The number of nitro benzene ring substituents is 1. The molecule has 0 heterocycles. The Bertz CT molecular complexity index is 735. The lowest BCUT2D eigenvalue weighted by Gasteiger charge is -2.22. The molecule has 0 aliphatic rings. The molecule has 0 unspecified atom stereocenters. The van der Waals surface area contributed by atoms with Crippen LogP contribution in [0.2, 0.25) is 0 Å². The van der Waals surface area contributed by atoms with E-state index in [2.05, 4.69) is 5.32 Å². The molecular weight excluding hydrogens is 370 g/mol. The second kappa shape index (κ2) is 6.45. The van der Waals surface area contributed by atoms with Crippen molar-refractivity contribution in [1.82, 2.24) is 0 Å². The van der Waals surface area contributed by atoms with E-state index in [0.717, 1.165) is 6.07 Å². The van der Waals surface area contributed by atoms with Gasteiger partial charge in [0.2, 0.25) is 9.84 Å². The van der Waals surface area contributed by atoms with Crippen molar-refractivity contribution in [2.24, 2.45) is 0 Å². The summed E-state index contributed by atoms with van der Waals surface area (Å²) in [5.41, 5.74) is -1.20. The molecule has 136 valence electrons. The Kier molecular flexibility index (Phi) is 5.38. The summed E-state index contributed by atoms with van der Waals surface area (Å²) >= 11 is 0. The number of rotatable bonds is 6. The Morgan fingerprint density at radius 3 is 2.21 bits per heavy atom. The van der Waals surface area contributed by atoms with Gasteiger partial charge in [-0.15, -0.1) is 0 Å². The summed E-state index contributed by atoms with van der Waals surface area (Å²) in [5.74, 6) is 0. The van der Waals surface area contributed by atoms with E-state index in [1.807, 2.05) is 0 Å². The van der Waals surface area contributed by atoms with E-state index < -0.39 is 42.9 Å². The van der Waals surface area contributed by atoms with Crippen LogP contribution in [0.1, 0.15) is 6.92 Å². The lowest BCUT2D eigenvalue weighted by Crippen LogP contribution is -2.47. The van der Waals surface area contributed by atoms with E-state index in [0.29, 0.717) is 6.07 Å². The summed E-state index contributed by atoms with van der Waals surface area (Å²) in [6.07, 6.45) is -11.1. The van der Waals surface area contributed by atoms with E-state index in [-0.39, 0.29) is 18.3 Å². The fraction of sp³-hybridized carbons (Fsp3) is 0.455. The standard InChI is InChI=1S/C11H10F6N2O4S/c1-2-18-7-4-3-6(5-8(7)19(20)21)24(22,23)11(16,17)9(12)10(13,14)15/h3-5,9,18H,2H2,1H3/t9-/m1/s1. The minimum absolute atomic E-state index is 0.143. The molecule has 1 aromatic rings. The number of sulfone groups is 1. The highest BCUT2D eigenvalue weighted by atomic mass is 32.2. The van der Waals surface area contributed by atoms with Gasteiger partial charge in [-0.25, -0.2) is 12.8 Å². The molecule has 13 heteroatoms. The molecule has 0 bridgehead atoms. The fourth-order valence-corrected chi connectivity index (χ4v) is 2.89. The first-order valence-electron chi connectivity index (χ1n) is 6.12. The highest BCUT2D eigenvalue weighted by Crippen LogP contribution is 2.42. The third kappa shape index (κ3) is 3.55. The van der Waals surface area contributed by atoms with Crippen LogP contribution in [-0.4, -0.2) is 37.5 Å². The zero-order valence-electron chi connectivity index (χ0n) is 11.8. The van der Waals surface area contributed by atoms with Gasteiger partial charge in [0.1, 0.15) is 5.69 Å². The van der Waals surface area contributed by atoms with Crippen LogP contribution >= 0.6 is 0 Å². The van der Waals surface area contributed by atoms with Crippen molar-refractivity contribution < 1.29 is 39.7 Å². The molecular formula is C11H10F6N2O4S. The van der Waals surface area contributed by atoms with Crippen LogP contribution in [0.25, 0.3) is 0 Å². The maximum atomic E-state index is 13.5. The average molecular weight is 380 g/mol. The highest BCUT2D eigenvalue weighted by Gasteiger charge is 2.64. The monoisotopic (exact) mass is 380 g/mol. The maximum absolute atomic E-state index is 13.5. The number of nitro groups is 1. The number of nitrogens with one attached hydrogen (secondary N) is 1. The third-order valence-electron chi connectivity index (χ3n) is 2.78. The second-order valence-electron chi connectivity index (χ2n) is 4.44. The lowest BCUT2D eigenvalue weighted by atomic mass is 10.2. The molecule has 0 amide bonds. The molecule has 0 fully saturated rings. The number of alkyl halides is 6. The van der Waals surface area contributed by atoms with Crippen LogP contribution in [0.5, 0.6) is 0 Å². The zero-order valence-corrected chi connectivity index (χ0v) is 12.6. The van der Waals surface area contributed by atoms with E-state index in [1.54, 1.807) is 0 Å². The summed E-state index contributed by atoms with van der Waals surface area (Å²) in [6.45, 7) is 1.68. The van der Waals surface area contributed by atoms with Crippen LogP contribution < -0.4 is 5.32 Å². The zero-order chi connectivity index (χ0) is 18.9. The molecule has 0 spiro atoms. The van der Waals surface area contributed by atoms with Crippen molar-refractivity contribution in [3.63, 3.8) is 0 Å². The van der Waals surface area contributed by atoms with Crippen LogP contribution in [0.4, 0.5) is 37.7 Å². The van der Waals surface area contributed by atoms with Crippen LogP contribution in [-0.2, 0) is 9.84 Å². The van der Waals surface area contributed by atoms with Gasteiger partial charge in [-0.2, -0.15) is 22.0 Å². The van der Waals surface area contributed by atoms with E-state index >= 15 is 0 Å². The number of halogens is 6. The van der Waals surface area contributed by atoms with Crippen molar-refractivity contribution in [2.45, 2.75) is 29.4 Å². The van der Waals surface area contributed by atoms with Gasteiger partial charge >= 0.3 is 11.4 Å². The van der Waals surface area contributed by atoms with Crippen LogP contribution in [0.15, 0.2) is 23.1 Å². The molecule has 0 aromatic heterocycles. The van der Waals surface area contributed by atoms with Gasteiger partial charge < -0.3 is 5.32 Å². The Morgan fingerprint density at radius 2 is 1.79 bits per heavy atom. The van der Waals surface area contributed by atoms with E-state index in [4.69, 9.17) is 0 Å². The number of nitrogens with zero attached hydrogens (tertiary/aromatic N) is 1. The van der Waals surface area contributed by atoms with Crippen LogP contribution in [0, 0.1) is 10.1 Å². The van der Waals surface area contributed by atoms with Gasteiger partial charge in [-0.3, -0.25) is 10.1 Å². The van der Waals surface area contributed by atoms with Crippen molar-refractivity contribution in [3.8, 4) is 0 Å². The van der Waals surface area contributed by atoms with E-state index in [9.17, 15) is 44.9 Å². The maximum Gasteiger partial charge on any atom is 0.426 e. The molecule has 0 radical (unpaired) electrons. The van der Waals surface area contributed by atoms with Crippen molar-refractivity contribution in [2.75, 3.05) is 11.9 Å². The van der Waals surface area contributed by atoms with Crippen molar-refractivity contribution in [1.29, 1.82) is 0 Å². The average Bonchev–Trinajstić information content (AvgIpc) is 2.45. The molecule has 0 saturated heterocycles. The number of hydrogen-bond donors (Lipinski definition) is 1. The van der Waals surface area contributed by atoms with Gasteiger partial charge in [-0.1, -0.05) is 0 Å². The van der Waals surface area contributed by atoms with Crippen molar-refractivity contribution >= 4 is 21.2 Å². The summed E-state index contributed by atoms with van der Waals surface area (Å²) in [6, 6.07) is 1.30.